The second-order valence-electron chi connectivity index (χ2n) is 3.73. The van der Waals surface area contributed by atoms with Gasteiger partial charge in [-0.1, -0.05) is 52.3 Å². The molecule has 0 aromatic heterocycles. The van der Waals surface area contributed by atoms with Gasteiger partial charge in [-0.15, -0.1) is 0 Å². The minimum absolute atomic E-state index is 0.0744. The molecule has 2 rings (SSSR count). The molecule has 1 nitrogen and oxygen atoms in total. The fourth-order valence-corrected chi connectivity index (χ4v) is 1.85. The zero-order chi connectivity index (χ0) is 13.0. The van der Waals surface area contributed by atoms with Crippen LogP contribution in [-0.2, 0) is 0 Å². The molecular formula is C15H10BrFO. The van der Waals surface area contributed by atoms with Crippen molar-refractivity contribution in [3.05, 3.63) is 76.0 Å². The summed E-state index contributed by atoms with van der Waals surface area (Å²) in [5.41, 5.74) is 0.980. The molecule has 0 aliphatic rings. The van der Waals surface area contributed by atoms with Gasteiger partial charge in [0.2, 0.25) is 0 Å². The summed E-state index contributed by atoms with van der Waals surface area (Å²) >= 11 is 3.15. The molecule has 0 aliphatic heterocycles. The standard InChI is InChI=1S/C15H10BrFO/c16-12-7-8-13(14(17)10-12)15(18)9-6-11-4-2-1-3-5-11/h1-10H/b9-6+. The fraction of sp³-hybridized carbons (Fsp3) is 0. The number of carbonyl (C=O) groups excluding carboxylic acids is 1. The minimum Gasteiger partial charge on any atom is -0.289 e. The molecule has 0 atom stereocenters. The monoisotopic (exact) mass is 304 g/mol. The van der Waals surface area contributed by atoms with Crippen molar-refractivity contribution in [2.45, 2.75) is 0 Å². The number of rotatable bonds is 3. The average Bonchev–Trinajstić information content (AvgIpc) is 2.37. The van der Waals surface area contributed by atoms with Crippen molar-refractivity contribution in [3.8, 4) is 0 Å². The Bertz CT molecular complexity index is 591. The number of hydrogen-bond donors (Lipinski definition) is 0. The van der Waals surface area contributed by atoms with Crippen LogP contribution in [0.5, 0.6) is 0 Å². The van der Waals surface area contributed by atoms with Crippen LogP contribution in [0, 0.1) is 5.82 Å². The molecule has 3 heteroatoms. The number of carbonyl (C=O) groups is 1. The highest BCUT2D eigenvalue weighted by Gasteiger charge is 2.08. The first-order valence-electron chi connectivity index (χ1n) is 5.39. The Hall–Kier alpha value is -1.74. The summed E-state index contributed by atoms with van der Waals surface area (Å²) in [5.74, 6) is -0.865. The summed E-state index contributed by atoms with van der Waals surface area (Å²) < 4.78 is 14.2. The van der Waals surface area contributed by atoms with Gasteiger partial charge in [0.05, 0.1) is 5.56 Å². The lowest BCUT2D eigenvalue weighted by molar-refractivity contribution is 0.104. The van der Waals surface area contributed by atoms with Gasteiger partial charge in [-0.3, -0.25) is 4.79 Å². The Balaban J connectivity index is 2.20. The second-order valence-corrected chi connectivity index (χ2v) is 4.65. The molecular weight excluding hydrogens is 295 g/mol. The van der Waals surface area contributed by atoms with Gasteiger partial charge in [-0.25, -0.2) is 4.39 Å². The van der Waals surface area contributed by atoms with Gasteiger partial charge in [-0.2, -0.15) is 0 Å². The lowest BCUT2D eigenvalue weighted by Crippen LogP contribution is -1.98. The number of ketones is 1. The lowest BCUT2D eigenvalue weighted by atomic mass is 10.1. The summed E-state index contributed by atoms with van der Waals surface area (Å²) in [5, 5.41) is 0. The minimum atomic E-state index is -0.521. The fourth-order valence-electron chi connectivity index (χ4n) is 1.52. The molecule has 0 fully saturated rings. The summed E-state index contributed by atoms with van der Waals surface area (Å²) in [6.07, 6.45) is 3.05. The molecule has 0 radical (unpaired) electrons. The summed E-state index contributed by atoms with van der Waals surface area (Å²) in [4.78, 5) is 11.8. The van der Waals surface area contributed by atoms with Crippen molar-refractivity contribution in [2.24, 2.45) is 0 Å². The Kier molecular flexibility index (Phi) is 4.05. The molecule has 2 aromatic rings. The first-order chi connectivity index (χ1) is 8.66. The van der Waals surface area contributed by atoms with Crippen molar-refractivity contribution < 1.29 is 9.18 Å². The third-order valence-electron chi connectivity index (χ3n) is 2.42. The molecule has 0 spiro atoms. The van der Waals surface area contributed by atoms with Crippen LogP contribution in [0.25, 0.3) is 6.08 Å². The van der Waals surface area contributed by atoms with Crippen molar-refractivity contribution >= 4 is 27.8 Å². The van der Waals surface area contributed by atoms with Gasteiger partial charge >= 0.3 is 0 Å². The van der Waals surface area contributed by atoms with E-state index in [-0.39, 0.29) is 11.3 Å². The van der Waals surface area contributed by atoms with E-state index >= 15 is 0 Å². The predicted octanol–water partition coefficient (Wildman–Crippen LogP) is 4.48. The molecule has 18 heavy (non-hydrogen) atoms. The Labute approximate surface area is 113 Å². The molecule has 0 heterocycles. The molecule has 0 amide bonds. The zero-order valence-corrected chi connectivity index (χ0v) is 11.0. The van der Waals surface area contributed by atoms with Crippen molar-refractivity contribution in [2.75, 3.05) is 0 Å². The van der Waals surface area contributed by atoms with Gasteiger partial charge in [0.25, 0.3) is 0 Å². The molecule has 0 unspecified atom stereocenters. The molecule has 0 bridgehead atoms. The molecule has 90 valence electrons. The maximum absolute atomic E-state index is 13.5. The Morgan fingerprint density at radius 1 is 1.11 bits per heavy atom. The van der Waals surface area contributed by atoms with Gasteiger partial charge in [0, 0.05) is 4.47 Å². The highest BCUT2D eigenvalue weighted by atomic mass is 79.9. The maximum atomic E-state index is 13.5. The van der Waals surface area contributed by atoms with Crippen molar-refractivity contribution in [1.82, 2.24) is 0 Å². The van der Waals surface area contributed by atoms with E-state index in [2.05, 4.69) is 15.9 Å². The maximum Gasteiger partial charge on any atom is 0.188 e. The van der Waals surface area contributed by atoms with E-state index in [1.165, 1.54) is 18.2 Å². The molecule has 0 N–H and O–H groups in total. The number of halogens is 2. The van der Waals surface area contributed by atoms with E-state index < -0.39 is 5.82 Å². The predicted molar refractivity (Wildman–Crippen MR) is 73.9 cm³/mol. The first-order valence-corrected chi connectivity index (χ1v) is 6.18. The van der Waals surface area contributed by atoms with Gasteiger partial charge in [-0.05, 0) is 29.8 Å². The van der Waals surface area contributed by atoms with E-state index in [4.69, 9.17) is 0 Å². The van der Waals surface area contributed by atoms with Crippen molar-refractivity contribution in [3.63, 3.8) is 0 Å². The van der Waals surface area contributed by atoms with Crippen LogP contribution in [0.2, 0.25) is 0 Å². The van der Waals surface area contributed by atoms with E-state index in [0.717, 1.165) is 5.56 Å². The van der Waals surface area contributed by atoms with Gasteiger partial charge in [0.1, 0.15) is 5.82 Å². The van der Waals surface area contributed by atoms with Crippen LogP contribution in [-0.4, -0.2) is 5.78 Å². The summed E-state index contributed by atoms with van der Waals surface area (Å²) in [6, 6.07) is 13.8. The zero-order valence-electron chi connectivity index (χ0n) is 9.44. The van der Waals surface area contributed by atoms with Crippen LogP contribution in [0.15, 0.2) is 59.1 Å². The third-order valence-corrected chi connectivity index (χ3v) is 2.92. The van der Waals surface area contributed by atoms with E-state index in [0.29, 0.717) is 4.47 Å². The lowest BCUT2D eigenvalue weighted by Gasteiger charge is -1.99. The van der Waals surface area contributed by atoms with Crippen molar-refractivity contribution in [1.29, 1.82) is 0 Å². The number of allylic oxidation sites excluding steroid dienone is 1. The van der Waals surface area contributed by atoms with E-state index in [9.17, 15) is 9.18 Å². The van der Waals surface area contributed by atoms with Crippen LogP contribution >= 0.6 is 15.9 Å². The summed E-state index contributed by atoms with van der Waals surface area (Å²) in [7, 11) is 0. The second kappa shape index (κ2) is 5.74. The van der Waals surface area contributed by atoms with Crippen LogP contribution in [0.3, 0.4) is 0 Å². The first kappa shape index (κ1) is 12.7. The smallest absolute Gasteiger partial charge is 0.188 e. The SMILES string of the molecule is O=C(/C=C/c1ccccc1)c1ccc(Br)cc1F. The van der Waals surface area contributed by atoms with Crippen LogP contribution in [0.4, 0.5) is 4.39 Å². The largest absolute Gasteiger partial charge is 0.289 e. The summed E-state index contributed by atoms with van der Waals surface area (Å²) in [6.45, 7) is 0. The molecule has 0 saturated carbocycles. The highest BCUT2D eigenvalue weighted by Crippen LogP contribution is 2.16. The number of hydrogen-bond acceptors (Lipinski definition) is 1. The van der Waals surface area contributed by atoms with Gasteiger partial charge < -0.3 is 0 Å². The molecule has 0 aliphatic carbocycles. The van der Waals surface area contributed by atoms with E-state index in [1.807, 2.05) is 30.3 Å². The molecule has 2 aromatic carbocycles. The topological polar surface area (TPSA) is 17.1 Å². The highest BCUT2D eigenvalue weighted by molar-refractivity contribution is 9.10. The third kappa shape index (κ3) is 3.14. The van der Waals surface area contributed by atoms with Crippen LogP contribution in [0.1, 0.15) is 15.9 Å². The average molecular weight is 305 g/mol. The Morgan fingerprint density at radius 3 is 2.50 bits per heavy atom. The number of benzene rings is 2. The molecule has 0 saturated heterocycles. The van der Waals surface area contributed by atoms with E-state index in [1.54, 1.807) is 12.1 Å². The quantitative estimate of drug-likeness (QED) is 0.603. The normalized spacial score (nSPS) is 10.8. The Morgan fingerprint density at radius 2 is 1.83 bits per heavy atom. The van der Waals surface area contributed by atoms with Gasteiger partial charge in [0.15, 0.2) is 5.78 Å². The van der Waals surface area contributed by atoms with Crippen LogP contribution < -0.4 is 0 Å².